The predicted molar refractivity (Wildman–Crippen MR) is 83.0 cm³/mol. The summed E-state index contributed by atoms with van der Waals surface area (Å²) in [5.74, 6) is 1.08. The van der Waals surface area contributed by atoms with E-state index in [0.29, 0.717) is 6.04 Å². The van der Waals surface area contributed by atoms with E-state index < -0.39 is 0 Å². The van der Waals surface area contributed by atoms with Crippen LogP contribution in [0.4, 0.5) is 5.82 Å². The number of anilines is 1. The van der Waals surface area contributed by atoms with E-state index in [0.717, 1.165) is 25.3 Å². The van der Waals surface area contributed by atoms with E-state index in [1.165, 1.54) is 16.7 Å². The van der Waals surface area contributed by atoms with Crippen molar-refractivity contribution in [3.05, 3.63) is 59.3 Å². The molecule has 3 rings (SSSR count). The van der Waals surface area contributed by atoms with E-state index in [4.69, 9.17) is 0 Å². The molecule has 1 unspecified atom stereocenters. The average Bonchev–Trinajstić information content (AvgIpc) is 2.47. The van der Waals surface area contributed by atoms with Gasteiger partial charge >= 0.3 is 0 Å². The first kappa shape index (κ1) is 13.1. The summed E-state index contributed by atoms with van der Waals surface area (Å²) in [6, 6.07) is 13.4. The maximum atomic E-state index is 4.57. The Balaban J connectivity index is 1.96. The number of nitrogens with one attached hydrogen (secondary N) is 1. The number of aryl methyl sites for hydroxylation is 1. The maximum absolute atomic E-state index is 4.57. The molecule has 1 aliphatic rings. The van der Waals surface area contributed by atoms with Gasteiger partial charge in [-0.25, -0.2) is 4.98 Å². The Morgan fingerprint density at radius 2 is 2.05 bits per heavy atom. The zero-order chi connectivity index (χ0) is 13.9. The smallest absolute Gasteiger partial charge is 0.129 e. The number of aromatic nitrogens is 1. The van der Waals surface area contributed by atoms with Crippen LogP contribution in [0.2, 0.25) is 0 Å². The highest BCUT2D eigenvalue weighted by atomic mass is 15.2. The van der Waals surface area contributed by atoms with Crippen molar-refractivity contribution in [1.82, 2.24) is 10.3 Å². The number of fused-ring (bicyclic) bond motifs is 1. The number of pyridine rings is 1. The second-order valence-corrected chi connectivity index (χ2v) is 5.50. The van der Waals surface area contributed by atoms with Crippen LogP contribution in [0, 0.1) is 6.92 Å². The fourth-order valence-electron chi connectivity index (χ4n) is 2.95. The van der Waals surface area contributed by atoms with Gasteiger partial charge in [0, 0.05) is 25.3 Å². The molecule has 0 bridgehead atoms. The van der Waals surface area contributed by atoms with E-state index in [-0.39, 0.29) is 0 Å². The summed E-state index contributed by atoms with van der Waals surface area (Å²) in [7, 11) is 2.02. The largest absolute Gasteiger partial charge is 0.348 e. The predicted octanol–water partition coefficient (Wildman–Crippen LogP) is 2.54. The van der Waals surface area contributed by atoms with Gasteiger partial charge in [0.25, 0.3) is 0 Å². The highest BCUT2D eigenvalue weighted by molar-refractivity contribution is 5.47. The normalized spacial score (nSPS) is 17.9. The van der Waals surface area contributed by atoms with Crippen molar-refractivity contribution in [1.29, 1.82) is 0 Å². The Labute approximate surface area is 120 Å². The number of rotatable bonds is 3. The zero-order valence-electron chi connectivity index (χ0n) is 12.1. The van der Waals surface area contributed by atoms with Crippen molar-refractivity contribution in [2.24, 2.45) is 0 Å². The van der Waals surface area contributed by atoms with Crippen LogP contribution in [0.3, 0.4) is 0 Å². The summed E-state index contributed by atoms with van der Waals surface area (Å²) in [5.41, 5.74) is 4.15. The van der Waals surface area contributed by atoms with Gasteiger partial charge in [-0.15, -0.1) is 0 Å². The Morgan fingerprint density at radius 3 is 2.80 bits per heavy atom. The average molecular weight is 267 g/mol. The first-order chi connectivity index (χ1) is 9.78. The topological polar surface area (TPSA) is 28.2 Å². The summed E-state index contributed by atoms with van der Waals surface area (Å²) in [4.78, 5) is 6.99. The fourth-order valence-corrected chi connectivity index (χ4v) is 2.95. The Hall–Kier alpha value is -1.87. The standard InChI is InChI=1S/C17H21N3/c1-13-7-8-19-17(9-13)20-12-15-6-4-3-5-14(15)10-16(20)11-18-2/h3-9,16,18H,10-12H2,1-2H3. The van der Waals surface area contributed by atoms with Crippen LogP contribution in [0.1, 0.15) is 16.7 Å². The number of hydrogen-bond donors (Lipinski definition) is 1. The van der Waals surface area contributed by atoms with Gasteiger partial charge in [-0.3, -0.25) is 0 Å². The molecule has 0 amide bonds. The SMILES string of the molecule is CNCC1Cc2ccccc2CN1c1cc(C)ccn1. The minimum absolute atomic E-state index is 0.462. The molecule has 3 nitrogen and oxygen atoms in total. The van der Waals surface area contributed by atoms with E-state index in [1.807, 2.05) is 13.2 Å². The maximum Gasteiger partial charge on any atom is 0.129 e. The summed E-state index contributed by atoms with van der Waals surface area (Å²) in [6.45, 7) is 4.04. The molecule has 0 spiro atoms. The lowest BCUT2D eigenvalue weighted by Gasteiger charge is -2.38. The molecule has 3 heteroatoms. The zero-order valence-corrected chi connectivity index (χ0v) is 12.1. The van der Waals surface area contributed by atoms with E-state index in [1.54, 1.807) is 0 Å². The fraction of sp³-hybridized carbons (Fsp3) is 0.353. The molecule has 1 aromatic heterocycles. The van der Waals surface area contributed by atoms with Crippen LogP contribution in [0.5, 0.6) is 0 Å². The van der Waals surface area contributed by atoms with Crippen molar-refractivity contribution in [2.75, 3.05) is 18.5 Å². The van der Waals surface area contributed by atoms with Gasteiger partial charge in [0.15, 0.2) is 0 Å². The number of benzene rings is 1. The highest BCUT2D eigenvalue weighted by Crippen LogP contribution is 2.27. The first-order valence-corrected chi connectivity index (χ1v) is 7.18. The molecule has 0 saturated carbocycles. The summed E-state index contributed by atoms with van der Waals surface area (Å²) in [6.07, 6.45) is 2.98. The molecule has 20 heavy (non-hydrogen) atoms. The van der Waals surface area contributed by atoms with Gasteiger partial charge in [-0.2, -0.15) is 0 Å². The van der Waals surface area contributed by atoms with Crippen LogP contribution < -0.4 is 10.2 Å². The van der Waals surface area contributed by atoms with Crippen LogP contribution in [0.25, 0.3) is 0 Å². The van der Waals surface area contributed by atoms with Gasteiger partial charge in [-0.05, 0) is 49.2 Å². The van der Waals surface area contributed by atoms with E-state index in [2.05, 4.69) is 58.5 Å². The van der Waals surface area contributed by atoms with Crippen molar-refractivity contribution >= 4 is 5.82 Å². The third-order valence-corrected chi connectivity index (χ3v) is 3.99. The molecule has 1 aromatic carbocycles. The van der Waals surface area contributed by atoms with Gasteiger partial charge in [0.1, 0.15) is 5.82 Å². The molecule has 2 aromatic rings. The summed E-state index contributed by atoms with van der Waals surface area (Å²) >= 11 is 0. The molecular weight excluding hydrogens is 246 g/mol. The highest BCUT2D eigenvalue weighted by Gasteiger charge is 2.26. The van der Waals surface area contributed by atoms with Gasteiger partial charge in [0.05, 0.1) is 0 Å². The van der Waals surface area contributed by atoms with Crippen molar-refractivity contribution < 1.29 is 0 Å². The van der Waals surface area contributed by atoms with Gasteiger partial charge in [-0.1, -0.05) is 24.3 Å². The van der Waals surface area contributed by atoms with E-state index in [9.17, 15) is 0 Å². The minimum Gasteiger partial charge on any atom is -0.348 e. The number of likely N-dealkylation sites (N-methyl/N-ethyl adjacent to an activating group) is 1. The molecule has 104 valence electrons. The number of hydrogen-bond acceptors (Lipinski definition) is 3. The second-order valence-electron chi connectivity index (χ2n) is 5.50. The van der Waals surface area contributed by atoms with Crippen molar-refractivity contribution in [2.45, 2.75) is 25.9 Å². The van der Waals surface area contributed by atoms with Gasteiger partial charge < -0.3 is 10.2 Å². The third kappa shape index (κ3) is 2.54. The van der Waals surface area contributed by atoms with Crippen LogP contribution in [0.15, 0.2) is 42.6 Å². The number of nitrogens with zero attached hydrogens (tertiary/aromatic N) is 2. The van der Waals surface area contributed by atoms with Crippen molar-refractivity contribution in [3.8, 4) is 0 Å². The lowest BCUT2D eigenvalue weighted by atomic mass is 9.94. The minimum atomic E-state index is 0.462. The second kappa shape index (κ2) is 5.63. The van der Waals surface area contributed by atoms with Crippen LogP contribution in [-0.2, 0) is 13.0 Å². The van der Waals surface area contributed by atoms with E-state index >= 15 is 0 Å². The molecule has 0 radical (unpaired) electrons. The quantitative estimate of drug-likeness (QED) is 0.926. The summed E-state index contributed by atoms with van der Waals surface area (Å²) in [5, 5.41) is 3.31. The Kier molecular flexibility index (Phi) is 3.70. The molecule has 2 heterocycles. The first-order valence-electron chi connectivity index (χ1n) is 7.18. The van der Waals surface area contributed by atoms with Gasteiger partial charge in [0.2, 0.25) is 0 Å². The lowest BCUT2D eigenvalue weighted by Crippen LogP contribution is -2.46. The Morgan fingerprint density at radius 1 is 1.25 bits per heavy atom. The molecule has 1 N–H and O–H groups in total. The monoisotopic (exact) mass is 267 g/mol. The molecule has 0 saturated heterocycles. The van der Waals surface area contributed by atoms with Crippen LogP contribution >= 0.6 is 0 Å². The van der Waals surface area contributed by atoms with Crippen molar-refractivity contribution in [3.63, 3.8) is 0 Å². The third-order valence-electron chi connectivity index (χ3n) is 3.99. The lowest BCUT2D eigenvalue weighted by molar-refractivity contribution is 0.523. The molecule has 0 fully saturated rings. The van der Waals surface area contributed by atoms with Crippen LogP contribution in [-0.4, -0.2) is 24.6 Å². The molecule has 1 aliphatic heterocycles. The Bertz CT molecular complexity index is 594. The molecular formula is C17H21N3. The molecule has 1 atom stereocenters. The molecule has 0 aliphatic carbocycles. The summed E-state index contributed by atoms with van der Waals surface area (Å²) < 4.78 is 0.